The number of nitrogens with two attached hydrogens (primary N) is 1. The Morgan fingerprint density at radius 2 is 1.89 bits per heavy atom. The molecule has 2 N–H and O–H groups in total. The average molecular weight is 404 g/mol. The molecule has 7 nitrogen and oxygen atoms in total. The topological polar surface area (TPSA) is 98.9 Å². The number of aryl methyl sites for hydroxylation is 1. The fourth-order valence-electron chi connectivity index (χ4n) is 3.59. The predicted molar refractivity (Wildman–Crippen MR) is 105 cm³/mol. The molecule has 0 spiro atoms. The molecule has 0 aromatic heterocycles. The molecule has 28 heavy (non-hydrogen) atoms. The summed E-state index contributed by atoms with van der Waals surface area (Å²) in [6.45, 7) is 2.36. The van der Waals surface area contributed by atoms with Gasteiger partial charge in [-0.25, -0.2) is 13.6 Å². The Bertz CT molecular complexity index is 1000. The molecule has 1 amide bonds. The zero-order valence-electron chi connectivity index (χ0n) is 16.1. The van der Waals surface area contributed by atoms with Crippen LogP contribution in [0, 0.1) is 6.92 Å². The van der Waals surface area contributed by atoms with E-state index in [1.807, 2.05) is 12.1 Å². The van der Waals surface area contributed by atoms with Gasteiger partial charge in [0.1, 0.15) is 11.5 Å². The minimum Gasteiger partial charge on any atom is -0.497 e. The largest absolute Gasteiger partial charge is 0.497 e. The van der Waals surface area contributed by atoms with E-state index in [2.05, 4.69) is 0 Å². The van der Waals surface area contributed by atoms with Crippen molar-refractivity contribution in [3.8, 4) is 11.5 Å². The average Bonchev–Trinajstić information content (AvgIpc) is 3.15. The van der Waals surface area contributed by atoms with Gasteiger partial charge in [0.15, 0.2) is 0 Å². The molecular weight excluding hydrogens is 380 g/mol. The highest BCUT2D eigenvalue weighted by Gasteiger charge is 2.33. The van der Waals surface area contributed by atoms with Gasteiger partial charge in [-0.3, -0.25) is 4.79 Å². The first-order valence-corrected chi connectivity index (χ1v) is 10.5. The van der Waals surface area contributed by atoms with Crippen molar-refractivity contribution < 1.29 is 22.7 Å². The highest BCUT2D eigenvalue weighted by molar-refractivity contribution is 7.89. The lowest BCUT2D eigenvalue weighted by Gasteiger charge is -2.27. The lowest BCUT2D eigenvalue weighted by Crippen LogP contribution is -2.31. The molecule has 3 rings (SSSR count). The summed E-state index contributed by atoms with van der Waals surface area (Å²) in [7, 11) is -0.721. The molecule has 1 fully saturated rings. The van der Waals surface area contributed by atoms with Crippen LogP contribution in [-0.2, 0) is 10.0 Å². The van der Waals surface area contributed by atoms with E-state index in [-0.39, 0.29) is 16.8 Å². The highest BCUT2D eigenvalue weighted by atomic mass is 32.2. The van der Waals surface area contributed by atoms with Crippen LogP contribution in [0.5, 0.6) is 11.5 Å². The number of rotatable bonds is 5. The van der Waals surface area contributed by atoms with E-state index in [1.54, 1.807) is 38.2 Å². The number of ether oxygens (including phenoxy) is 2. The van der Waals surface area contributed by atoms with Crippen molar-refractivity contribution >= 4 is 15.9 Å². The summed E-state index contributed by atoms with van der Waals surface area (Å²) in [5.41, 5.74) is 1.94. The molecule has 1 aliphatic rings. The van der Waals surface area contributed by atoms with Crippen molar-refractivity contribution in [1.29, 1.82) is 0 Å². The van der Waals surface area contributed by atoms with E-state index in [1.165, 1.54) is 12.1 Å². The van der Waals surface area contributed by atoms with Crippen LogP contribution in [0.15, 0.2) is 41.3 Å². The van der Waals surface area contributed by atoms with Gasteiger partial charge in [0.2, 0.25) is 10.0 Å². The third kappa shape index (κ3) is 3.83. The molecule has 1 atom stereocenters. The molecule has 0 aliphatic carbocycles. The molecule has 0 saturated carbocycles. The zero-order chi connectivity index (χ0) is 20.5. The number of likely N-dealkylation sites (tertiary alicyclic amines) is 1. The summed E-state index contributed by atoms with van der Waals surface area (Å²) in [5.74, 6) is 1.11. The van der Waals surface area contributed by atoms with E-state index in [0.29, 0.717) is 29.2 Å². The van der Waals surface area contributed by atoms with Crippen LogP contribution in [-0.4, -0.2) is 40.0 Å². The van der Waals surface area contributed by atoms with Gasteiger partial charge in [0.05, 0.1) is 25.2 Å². The Labute approximate surface area is 165 Å². The van der Waals surface area contributed by atoms with Crippen LogP contribution < -0.4 is 14.6 Å². The number of methoxy groups -OCH3 is 2. The fourth-order valence-corrected chi connectivity index (χ4v) is 4.13. The van der Waals surface area contributed by atoms with Crippen LogP contribution in [0.1, 0.15) is 40.4 Å². The number of sulfonamides is 1. The van der Waals surface area contributed by atoms with Gasteiger partial charge in [-0.05, 0) is 49.6 Å². The second-order valence-corrected chi connectivity index (χ2v) is 8.35. The third-order valence-electron chi connectivity index (χ3n) is 5.08. The van der Waals surface area contributed by atoms with E-state index in [4.69, 9.17) is 14.6 Å². The number of nitrogens with zero attached hydrogens (tertiary/aromatic N) is 1. The number of hydrogen-bond acceptors (Lipinski definition) is 5. The van der Waals surface area contributed by atoms with Gasteiger partial charge in [0, 0.05) is 23.7 Å². The first kappa shape index (κ1) is 20.2. The van der Waals surface area contributed by atoms with Crippen molar-refractivity contribution in [3.63, 3.8) is 0 Å². The molecule has 150 valence electrons. The molecule has 0 unspecified atom stereocenters. The molecule has 2 aromatic carbocycles. The number of benzene rings is 2. The summed E-state index contributed by atoms with van der Waals surface area (Å²) in [6, 6.07) is 9.75. The van der Waals surface area contributed by atoms with Crippen LogP contribution in [0.4, 0.5) is 0 Å². The number of hydrogen-bond donors (Lipinski definition) is 1. The van der Waals surface area contributed by atoms with Gasteiger partial charge >= 0.3 is 0 Å². The Morgan fingerprint density at radius 3 is 2.54 bits per heavy atom. The maximum Gasteiger partial charge on any atom is 0.254 e. The van der Waals surface area contributed by atoms with Crippen LogP contribution in [0.25, 0.3) is 0 Å². The molecule has 0 bridgehead atoms. The molecule has 0 radical (unpaired) electrons. The van der Waals surface area contributed by atoms with Crippen molar-refractivity contribution in [1.82, 2.24) is 4.90 Å². The minimum atomic E-state index is -3.89. The second kappa shape index (κ2) is 7.81. The van der Waals surface area contributed by atoms with Gasteiger partial charge < -0.3 is 14.4 Å². The van der Waals surface area contributed by atoms with Crippen LogP contribution in [0.3, 0.4) is 0 Å². The molecule has 1 heterocycles. The maximum atomic E-state index is 13.3. The first-order valence-electron chi connectivity index (χ1n) is 8.92. The number of carbonyl (C=O) groups excluding carboxylic acids is 1. The van der Waals surface area contributed by atoms with Crippen molar-refractivity contribution in [3.05, 3.63) is 53.1 Å². The molecular formula is C20H24N2O5S. The van der Waals surface area contributed by atoms with Crippen molar-refractivity contribution in [2.24, 2.45) is 5.14 Å². The molecule has 1 aliphatic heterocycles. The summed E-state index contributed by atoms with van der Waals surface area (Å²) >= 11 is 0. The van der Waals surface area contributed by atoms with Crippen molar-refractivity contribution in [2.45, 2.75) is 30.7 Å². The Kier molecular flexibility index (Phi) is 5.62. The van der Waals surface area contributed by atoms with E-state index in [0.717, 1.165) is 18.4 Å². The van der Waals surface area contributed by atoms with E-state index < -0.39 is 10.0 Å². The molecule has 1 saturated heterocycles. The first-order chi connectivity index (χ1) is 13.3. The second-order valence-electron chi connectivity index (χ2n) is 6.79. The van der Waals surface area contributed by atoms with Crippen molar-refractivity contribution in [2.75, 3.05) is 20.8 Å². The number of carbonyl (C=O) groups is 1. The number of primary sulfonamides is 1. The van der Waals surface area contributed by atoms with E-state index >= 15 is 0 Å². The minimum absolute atomic E-state index is 0.0702. The summed E-state index contributed by atoms with van der Waals surface area (Å²) < 4.78 is 34.1. The van der Waals surface area contributed by atoms with Gasteiger partial charge in [-0.1, -0.05) is 6.07 Å². The van der Waals surface area contributed by atoms with Gasteiger partial charge in [0.25, 0.3) is 5.91 Å². The summed E-state index contributed by atoms with van der Waals surface area (Å²) in [6.07, 6.45) is 1.64. The summed E-state index contributed by atoms with van der Waals surface area (Å²) in [4.78, 5) is 15.0. The summed E-state index contributed by atoms with van der Waals surface area (Å²) in [5, 5.41) is 5.23. The SMILES string of the molecule is COc1ccc([C@@H]2CCCN2C(=O)c2cc(S(N)(=O)=O)ccc2C)c(OC)c1. The van der Waals surface area contributed by atoms with Crippen LogP contribution in [0.2, 0.25) is 0 Å². The third-order valence-corrected chi connectivity index (χ3v) is 5.99. The van der Waals surface area contributed by atoms with E-state index in [9.17, 15) is 13.2 Å². The lowest BCUT2D eigenvalue weighted by atomic mass is 10.0. The predicted octanol–water partition coefficient (Wildman–Crippen LogP) is 2.64. The molecule has 8 heteroatoms. The normalized spacial score (nSPS) is 16.9. The van der Waals surface area contributed by atoms with Gasteiger partial charge in [-0.2, -0.15) is 0 Å². The fraction of sp³-hybridized carbons (Fsp3) is 0.350. The smallest absolute Gasteiger partial charge is 0.254 e. The Morgan fingerprint density at radius 1 is 1.14 bits per heavy atom. The van der Waals surface area contributed by atoms with Crippen LogP contribution >= 0.6 is 0 Å². The lowest BCUT2D eigenvalue weighted by molar-refractivity contribution is 0.0733. The maximum absolute atomic E-state index is 13.3. The quantitative estimate of drug-likeness (QED) is 0.826. The van der Waals surface area contributed by atoms with Gasteiger partial charge in [-0.15, -0.1) is 0 Å². The standard InChI is InChI=1S/C20H24N2O5S/c1-13-6-8-15(28(21,24)25)12-17(13)20(23)22-10-4-5-18(22)16-9-7-14(26-2)11-19(16)27-3/h6-9,11-12,18H,4-5,10H2,1-3H3,(H2,21,24,25)/t18-/m0/s1. The Balaban J connectivity index is 1.99. The zero-order valence-corrected chi connectivity index (χ0v) is 17.0. The highest BCUT2D eigenvalue weighted by Crippen LogP contribution is 2.39. The number of amides is 1. The Hall–Kier alpha value is -2.58. The molecule has 2 aromatic rings. The monoisotopic (exact) mass is 404 g/mol.